The molecule has 5 heteroatoms. The average Bonchev–Trinajstić information content (AvgIpc) is 2.88. The van der Waals surface area contributed by atoms with Crippen LogP contribution in [-0.4, -0.2) is 19.4 Å². The van der Waals surface area contributed by atoms with Gasteiger partial charge >= 0.3 is 0 Å². The van der Waals surface area contributed by atoms with Crippen molar-refractivity contribution in [2.75, 3.05) is 18.5 Å². The standard InChI is InChI=1S/C14H16BrN3S/c1-18(7-6-11-3-2-8-19-11)10-4-5-12(14(16)17)13(15)9-10/h2-5,8-9H,6-7H2,1H3,(H3,16,17). The summed E-state index contributed by atoms with van der Waals surface area (Å²) in [6, 6.07) is 10.1. The second-order valence-electron chi connectivity index (χ2n) is 4.33. The first-order valence-electron chi connectivity index (χ1n) is 5.95. The lowest BCUT2D eigenvalue weighted by Crippen LogP contribution is -2.20. The van der Waals surface area contributed by atoms with Gasteiger partial charge in [-0.05, 0) is 52.0 Å². The molecule has 0 unspecified atom stereocenters. The van der Waals surface area contributed by atoms with Crippen LogP contribution in [0.15, 0.2) is 40.2 Å². The summed E-state index contributed by atoms with van der Waals surface area (Å²) < 4.78 is 0.862. The van der Waals surface area contributed by atoms with E-state index >= 15 is 0 Å². The highest BCUT2D eigenvalue weighted by molar-refractivity contribution is 9.10. The maximum Gasteiger partial charge on any atom is 0.123 e. The number of nitrogens with zero attached hydrogens (tertiary/aromatic N) is 1. The molecule has 3 N–H and O–H groups in total. The topological polar surface area (TPSA) is 53.1 Å². The molecule has 1 heterocycles. The molecule has 0 fully saturated rings. The van der Waals surface area contributed by atoms with Gasteiger partial charge in [-0.1, -0.05) is 6.07 Å². The normalized spacial score (nSPS) is 10.4. The van der Waals surface area contributed by atoms with Crippen LogP contribution in [0.25, 0.3) is 0 Å². The molecular formula is C14H16BrN3S. The third-order valence-corrected chi connectivity index (χ3v) is 4.55. The Hall–Kier alpha value is -1.33. The number of likely N-dealkylation sites (N-methyl/N-ethyl adjacent to an activating group) is 1. The minimum Gasteiger partial charge on any atom is -0.384 e. The van der Waals surface area contributed by atoms with E-state index in [1.807, 2.05) is 18.2 Å². The number of nitrogens with one attached hydrogen (secondary N) is 1. The van der Waals surface area contributed by atoms with Crippen LogP contribution in [-0.2, 0) is 6.42 Å². The van der Waals surface area contributed by atoms with E-state index in [9.17, 15) is 0 Å². The van der Waals surface area contributed by atoms with Gasteiger partial charge in [0.25, 0.3) is 0 Å². The predicted molar refractivity (Wildman–Crippen MR) is 86.5 cm³/mol. The summed E-state index contributed by atoms with van der Waals surface area (Å²) in [7, 11) is 2.07. The number of rotatable bonds is 5. The molecule has 19 heavy (non-hydrogen) atoms. The molecule has 0 saturated carbocycles. The summed E-state index contributed by atoms with van der Waals surface area (Å²) in [5.41, 5.74) is 7.36. The molecule has 0 aliphatic carbocycles. The Morgan fingerprint density at radius 1 is 1.42 bits per heavy atom. The minimum atomic E-state index is 0.0830. The van der Waals surface area contributed by atoms with Crippen molar-refractivity contribution in [3.05, 3.63) is 50.6 Å². The fourth-order valence-corrected chi connectivity index (χ4v) is 3.10. The summed E-state index contributed by atoms with van der Waals surface area (Å²) in [6.07, 6.45) is 1.04. The zero-order chi connectivity index (χ0) is 13.8. The highest BCUT2D eigenvalue weighted by Crippen LogP contribution is 2.23. The summed E-state index contributed by atoms with van der Waals surface area (Å²) >= 11 is 5.25. The maximum absolute atomic E-state index is 7.47. The van der Waals surface area contributed by atoms with E-state index < -0.39 is 0 Å². The Balaban J connectivity index is 2.05. The lowest BCUT2D eigenvalue weighted by Gasteiger charge is -2.20. The highest BCUT2D eigenvalue weighted by Gasteiger charge is 2.07. The molecular weight excluding hydrogens is 322 g/mol. The van der Waals surface area contributed by atoms with E-state index in [1.54, 1.807) is 11.3 Å². The number of hydrogen-bond acceptors (Lipinski definition) is 3. The van der Waals surface area contributed by atoms with Crippen LogP contribution < -0.4 is 10.6 Å². The van der Waals surface area contributed by atoms with E-state index in [2.05, 4.69) is 45.4 Å². The van der Waals surface area contributed by atoms with Crippen LogP contribution in [0.3, 0.4) is 0 Å². The molecule has 0 radical (unpaired) electrons. The molecule has 1 aromatic carbocycles. The molecule has 100 valence electrons. The maximum atomic E-state index is 7.47. The van der Waals surface area contributed by atoms with Gasteiger partial charge in [-0.2, -0.15) is 0 Å². The molecule has 0 spiro atoms. The third kappa shape index (κ3) is 3.58. The van der Waals surface area contributed by atoms with Gasteiger partial charge in [0, 0.05) is 34.2 Å². The molecule has 1 aromatic heterocycles. The van der Waals surface area contributed by atoms with Crippen molar-refractivity contribution in [2.45, 2.75) is 6.42 Å². The number of amidine groups is 1. The van der Waals surface area contributed by atoms with Crippen LogP contribution in [0.5, 0.6) is 0 Å². The number of thiophene rings is 1. The largest absolute Gasteiger partial charge is 0.384 e. The van der Waals surface area contributed by atoms with Gasteiger partial charge in [0.15, 0.2) is 0 Å². The molecule has 2 aromatic rings. The van der Waals surface area contributed by atoms with E-state index in [0.29, 0.717) is 0 Å². The first kappa shape index (κ1) is 14.1. The lowest BCUT2D eigenvalue weighted by atomic mass is 10.2. The van der Waals surface area contributed by atoms with Crippen molar-refractivity contribution in [3.8, 4) is 0 Å². The summed E-state index contributed by atoms with van der Waals surface area (Å²) in [5, 5.41) is 9.57. The van der Waals surface area contributed by atoms with Gasteiger partial charge in [0.2, 0.25) is 0 Å². The Morgan fingerprint density at radius 2 is 2.21 bits per heavy atom. The first-order valence-corrected chi connectivity index (χ1v) is 7.62. The number of anilines is 1. The Kier molecular flexibility index (Phi) is 4.61. The number of nitrogen functional groups attached to an aromatic ring is 1. The molecule has 3 nitrogen and oxygen atoms in total. The van der Waals surface area contributed by atoms with E-state index in [1.165, 1.54) is 4.88 Å². The number of benzene rings is 1. The minimum absolute atomic E-state index is 0.0830. The van der Waals surface area contributed by atoms with Gasteiger partial charge in [-0.25, -0.2) is 0 Å². The Morgan fingerprint density at radius 3 is 2.79 bits per heavy atom. The lowest BCUT2D eigenvalue weighted by molar-refractivity contribution is 0.887. The van der Waals surface area contributed by atoms with Gasteiger partial charge in [-0.3, -0.25) is 5.41 Å². The Bertz CT molecular complexity index is 566. The van der Waals surface area contributed by atoms with Crippen molar-refractivity contribution in [3.63, 3.8) is 0 Å². The fourth-order valence-electron chi connectivity index (χ4n) is 1.82. The third-order valence-electron chi connectivity index (χ3n) is 2.96. The molecule has 0 aliphatic rings. The van der Waals surface area contributed by atoms with E-state index in [0.717, 1.165) is 28.7 Å². The van der Waals surface area contributed by atoms with E-state index in [-0.39, 0.29) is 5.84 Å². The number of hydrogen-bond donors (Lipinski definition) is 2. The van der Waals surface area contributed by atoms with Gasteiger partial charge in [0.05, 0.1) is 0 Å². The highest BCUT2D eigenvalue weighted by atomic mass is 79.9. The quantitative estimate of drug-likeness (QED) is 0.648. The second kappa shape index (κ2) is 6.21. The van der Waals surface area contributed by atoms with Crippen molar-refractivity contribution in [1.82, 2.24) is 0 Å². The molecule has 0 saturated heterocycles. The van der Waals surface area contributed by atoms with Crippen LogP contribution in [0, 0.1) is 5.41 Å². The average molecular weight is 338 g/mol. The SMILES string of the molecule is CN(CCc1cccs1)c1ccc(C(=N)N)c(Br)c1. The van der Waals surface area contributed by atoms with E-state index in [4.69, 9.17) is 11.1 Å². The first-order chi connectivity index (χ1) is 9.08. The van der Waals surface area contributed by atoms with Crippen molar-refractivity contribution >= 4 is 38.8 Å². The summed E-state index contributed by atoms with van der Waals surface area (Å²) in [6.45, 7) is 0.965. The smallest absolute Gasteiger partial charge is 0.123 e. The van der Waals surface area contributed by atoms with Gasteiger partial charge in [-0.15, -0.1) is 11.3 Å². The Labute approximate surface area is 125 Å². The zero-order valence-corrected chi connectivity index (χ0v) is 13.1. The second-order valence-corrected chi connectivity index (χ2v) is 6.22. The fraction of sp³-hybridized carbons (Fsp3) is 0.214. The van der Waals surface area contributed by atoms with Crippen LogP contribution in [0.4, 0.5) is 5.69 Å². The van der Waals surface area contributed by atoms with Crippen LogP contribution in [0.2, 0.25) is 0 Å². The number of nitrogens with two attached hydrogens (primary N) is 1. The molecule has 0 bridgehead atoms. The molecule has 0 amide bonds. The van der Waals surface area contributed by atoms with Gasteiger partial charge < -0.3 is 10.6 Å². The van der Waals surface area contributed by atoms with Crippen molar-refractivity contribution in [1.29, 1.82) is 5.41 Å². The number of halogens is 1. The monoisotopic (exact) mass is 337 g/mol. The van der Waals surface area contributed by atoms with Crippen molar-refractivity contribution < 1.29 is 0 Å². The zero-order valence-electron chi connectivity index (χ0n) is 10.7. The molecule has 0 aliphatic heterocycles. The molecule has 0 atom stereocenters. The molecule has 2 rings (SSSR count). The predicted octanol–water partition coefficient (Wildman–Crippen LogP) is 3.47. The van der Waals surface area contributed by atoms with Gasteiger partial charge in [0.1, 0.15) is 5.84 Å². The summed E-state index contributed by atoms with van der Waals surface area (Å²) in [5.74, 6) is 0.0830. The van der Waals surface area contributed by atoms with Crippen LogP contribution in [0.1, 0.15) is 10.4 Å². The summed E-state index contributed by atoms with van der Waals surface area (Å²) in [4.78, 5) is 3.60. The van der Waals surface area contributed by atoms with Crippen molar-refractivity contribution in [2.24, 2.45) is 5.73 Å². The van der Waals surface area contributed by atoms with Crippen LogP contribution >= 0.6 is 27.3 Å².